The minimum absolute atomic E-state index is 0.00144. The van der Waals surface area contributed by atoms with Crippen molar-refractivity contribution in [2.45, 2.75) is 50.1 Å². The van der Waals surface area contributed by atoms with E-state index in [-0.39, 0.29) is 17.4 Å². The summed E-state index contributed by atoms with van der Waals surface area (Å²) >= 11 is 1.37. The van der Waals surface area contributed by atoms with Crippen molar-refractivity contribution < 1.29 is 9.59 Å². The molecule has 8 heteroatoms. The Labute approximate surface area is 179 Å². The molecule has 0 atom stereocenters. The number of hydrogen-bond acceptors (Lipinski definition) is 5. The second-order valence-electron chi connectivity index (χ2n) is 7.52. The molecule has 0 aliphatic heterocycles. The Kier molecular flexibility index (Phi) is 6.32. The van der Waals surface area contributed by atoms with Crippen LogP contribution in [0.4, 0.5) is 5.69 Å². The molecule has 0 unspecified atom stereocenters. The molecule has 1 fully saturated rings. The van der Waals surface area contributed by atoms with Crippen LogP contribution in [0, 0.1) is 0 Å². The summed E-state index contributed by atoms with van der Waals surface area (Å²) < 4.78 is 4.00. The van der Waals surface area contributed by atoms with Gasteiger partial charge in [0.25, 0.3) is 0 Å². The monoisotopic (exact) mass is 423 g/mol. The maximum atomic E-state index is 12.4. The minimum atomic E-state index is -0.128. The van der Waals surface area contributed by atoms with Crippen LogP contribution in [0.1, 0.15) is 61.1 Å². The molecule has 1 saturated carbocycles. The lowest BCUT2D eigenvalue weighted by Gasteiger charge is -2.22. The molecular weight excluding hydrogens is 398 g/mol. The van der Waals surface area contributed by atoms with Gasteiger partial charge in [0.15, 0.2) is 11.6 Å². The molecule has 30 heavy (non-hydrogen) atoms. The molecule has 3 aromatic rings. The van der Waals surface area contributed by atoms with Crippen LogP contribution in [0.3, 0.4) is 0 Å². The second-order valence-corrected chi connectivity index (χ2v) is 8.46. The third-order valence-electron chi connectivity index (χ3n) is 5.33. The Bertz CT molecular complexity index is 1000. The highest BCUT2D eigenvalue weighted by Gasteiger charge is 2.24. The number of carbonyl (C=O) groups is 2. The fourth-order valence-electron chi connectivity index (χ4n) is 3.77. The zero-order chi connectivity index (χ0) is 20.9. The lowest BCUT2D eigenvalue weighted by Crippen LogP contribution is -2.18. The second kappa shape index (κ2) is 9.30. The van der Waals surface area contributed by atoms with E-state index in [0.29, 0.717) is 22.3 Å². The third kappa shape index (κ3) is 4.64. The van der Waals surface area contributed by atoms with Crippen molar-refractivity contribution in [2.75, 3.05) is 11.1 Å². The lowest BCUT2D eigenvalue weighted by atomic mass is 9.89. The highest BCUT2D eigenvalue weighted by Crippen LogP contribution is 2.33. The van der Waals surface area contributed by atoms with E-state index in [1.807, 2.05) is 33.9 Å². The standard InChI is InChI=1S/C22H25N5O2S/c1-16(28)17-9-11-19(12-10-17)23-20(29)15-30-22-25-24-21(18-7-3-2-4-8-18)27(22)26-13-5-6-14-26/h5-6,9-14,18H,2-4,7-8,15H2,1H3,(H,23,29). The Morgan fingerprint density at radius 2 is 1.77 bits per heavy atom. The Morgan fingerprint density at radius 1 is 1.07 bits per heavy atom. The number of ketones is 1. The summed E-state index contributed by atoms with van der Waals surface area (Å²) in [7, 11) is 0. The van der Waals surface area contributed by atoms with Crippen molar-refractivity contribution in [3.05, 3.63) is 60.2 Å². The molecule has 0 saturated heterocycles. The summed E-state index contributed by atoms with van der Waals surface area (Å²) in [5.41, 5.74) is 1.29. The molecule has 2 heterocycles. The number of nitrogens with zero attached hydrogens (tertiary/aromatic N) is 4. The smallest absolute Gasteiger partial charge is 0.234 e. The number of rotatable bonds is 7. The van der Waals surface area contributed by atoms with Crippen LogP contribution in [-0.4, -0.2) is 37.0 Å². The topological polar surface area (TPSA) is 81.8 Å². The third-order valence-corrected chi connectivity index (χ3v) is 6.25. The molecule has 7 nitrogen and oxygen atoms in total. The van der Waals surface area contributed by atoms with Crippen LogP contribution in [0.5, 0.6) is 0 Å². The first-order chi connectivity index (χ1) is 14.6. The van der Waals surface area contributed by atoms with Gasteiger partial charge in [-0.3, -0.25) is 14.3 Å². The molecule has 1 aliphatic rings. The van der Waals surface area contributed by atoms with Crippen molar-refractivity contribution in [1.29, 1.82) is 0 Å². The Morgan fingerprint density at radius 3 is 2.43 bits per heavy atom. The number of anilines is 1. The Hall–Kier alpha value is -2.87. The van der Waals surface area contributed by atoms with Gasteiger partial charge >= 0.3 is 0 Å². The summed E-state index contributed by atoms with van der Waals surface area (Å²) in [6.45, 7) is 1.52. The largest absolute Gasteiger partial charge is 0.325 e. The van der Waals surface area contributed by atoms with E-state index in [9.17, 15) is 9.59 Å². The molecule has 4 rings (SSSR count). The molecule has 0 radical (unpaired) electrons. The molecule has 0 spiro atoms. The molecule has 156 valence electrons. The predicted molar refractivity (Wildman–Crippen MR) is 117 cm³/mol. The van der Waals surface area contributed by atoms with Gasteiger partial charge in [0, 0.05) is 29.6 Å². The number of hydrogen-bond donors (Lipinski definition) is 1. The van der Waals surface area contributed by atoms with E-state index < -0.39 is 0 Å². The van der Waals surface area contributed by atoms with Gasteiger partial charge in [0.2, 0.25) is 11.1 Å². The number of carbonyl (C=O) groups excluding carboxylic acids is 2. The van der Waals surface area contributed by atoms with Crippen LogP contribution in [0.15, 0.2) is 53.9 Å². The van der Waals surface area contributed by atoms with Crippen molar-refractivity contribution in [2.24, 2.45) is 0 Å². The molecule has 2 aromatic heterocycles. The average Bonchev–Trinajstić information content (AvgIpc) is 3.43. The van der Waals surface area contributed by atoms with Gasteiger partial charge in [0.1, 0.15) is 0 Å². The van der Waals surface area contributed by atoms with Crippen LogP contribution in [0.25, 0.3) is 0 Å². The van der Waals surface area contributed by atoms with E-state index in [1.165, 1.54) is 37.9 Å². The first-order valence-electron chi connectivity index (χ1n) is 10.2. The number of Topliss-reactive ketones (excluding diaryl/α,β-unsaturated/α-hetero) is 1. The van der Waals surface area contributed by atoms with Crippen molar-refractivity contribution >= 4 is 29.1 Å². The quantitative estimate of drug-likeness (QED) is 0.451. The molecule has 1 aromatic carbocycles. The van der Waals surface area contributed by atoms with E-state index in [4.69, 9.17) is 0 Å². The molecule has 1 aliphatic carbocycles. The van der Waals surface area contributed by atoms with E-state index in [1.54, 1.807) is 24.3 Å². The molecular formula is C22H25N5O2S. The van der Waals surface area contributed by atoms with Gasteiger partial charge in [-0.25, -0.2) is 4.68 Å². The molecule has 0 bridgehead atoms. The maximum absolute atomic E-state index is 12.4. The fraction of sp³-hybridized carbons (Fsp3) is 0.364. The van der Waals surface area contributed by atoms with Gasteiger partial charge in [-0.15, -0.1) is 10.2 Å². The minimum Gasteiger partial charge on any atom is -0.325 e. The van der Waals surface area contributed by atoms with Gasteiger partial charge < -0.3 is 5.32 Å². The number of nitrogens with one attached hydrogen (secondary N) is 1. The van der Waals surface area contributed by atoms with Crippen LogP contribution >= 0.6 is 11.8 Å². The predicted octanol–water partition coefficient (Wildman–Crippen LogP) is 4.37. The SMILES string of the molecule is CC(=O)c1ccc(NC(=O)CSc2nnc(C3CCCCC3)n2-n2cccc2)cc1. The van der Waals surface area contributed by atoms with Gasteiger partial charge in [-0.2, -0.15) is 0 Å². The van der Waals surface area contributed by atoms with E-state index in [0.717, 1.165) is 18.7 Å². The average molecular weight is 424 g/mol. The van der Waals surface area contributed by atoms with Crippen molar-refractivity contribution in [3.8, 4) is 0 Å². The Balaban J connectivity index is 1.45. The molecule has 1 N–H and O–H groups in total. The maximum Gasteiger partial charge on any atom is 0.234 e. The summed E-state index contributed by atoms with van der Waals surface area (Å²) in [5.74, 6) is 1.46. The van der Waals surface area contributed by atoms with Gasteiger partial charge in [-0.1, -0.05) is 31.0 Å². The first-order valence-corrected chi connectivity index (χ1v) is 11.2. The first kappa shape index (κ1) is 20.4. The van der Waals surface area contributed by atoms with E-state index in [2.05, 4.69) is 15.5 Å². The van der Waals surface area contributed by atoms with Crippen molar-refractivity contribution in [3.63, 3.8) is 0 Å². The number of benzene rings is 1. The lowest BCUT2D eigenvalue weighted by molar-refractivity contribution is -0.113. The molecule has 1 amide bonds. The van der Waals surface area contributed by atoms with Crippen LogP contribution < -0.4 is 5.32 Å². The summed E-state index contributed by atoms with van der Waals surface area (Å²) in [6, 6.07) is 10.8. The number of amides is 1. The van der Waals surface area contributed by atoms with Gasteiger partial charge in [-0.05, 0) is 56.2 Å². The summed E-state index contributed by atoms with van der Waals surface area (Å²) in [6.07, 6.45) is 9.91. The number of thioether (sulfide) groups is 1. The fourth-order valence-corrected chi connectivity index (χ4v) is 4.51. The zero-order valence-electron chi connectivity index (χ0n) is 17.0. The summed E-state index contributed by atoms with van der Waals surface area (Å²) in [4.78, 5) is 23.8. The number of aromatic nitrogens is 4. The normalized spacial score (nSPS) is 14.6. The van der Waals surface area contributed by atoms with Crippen LogP contribution in [-0.2, 0) is 4.79 Å². The van der Waals surface area contributed by atoms with Crippen molar-refractivity contribution in [1.82, 2.24) is 19.5 Å². The zero-order valence-corrected chi connectivity index (χ0v) is 17.8. The van der Waals surface area contributed by atoms with Crippen LogP contribution in [0.2, 0.25) is 0 Å². The highest BCUT2D eigenvalue weighted by atomic mass is 32.2. The van der Waals surface area contributed by atoms with E-state index >= 15 is 0 Å². The highest BCUT2D eigenvalue weighted by molar-refractivity contribution is 7.99. The van der Waals surface area contributed by atoms with Gasteiger partial charge in [0.05, 0.1) is 5.75 Å². The summed E-state index contributed by atoms with van der Waals surface area (Å²) in [5, 5.41) is 12.5.